The van der Waals surface area contributed by atoms with Crippen LogP contribution in [0, 0.1) is 0 Å². The molecule has 16 heavy (non-hydrogen) atoms. The minimum atomic E-state index is 0. The molecule has 0 spiro atoms. The predicted molar refractivity (Wildman–Crippen MR) is 69.5 cm³/mol. The Labute approximate surface area is 104 Å². The number of thiazole rings is 1. The number of ether oxygens (including phenoxy) is 1. The van der Waals surface area contributed by atoms with E-state index < -0.39 is 0 Å². The van der Waals surface area contributed by atoms with Crippen molar-refractivity contribution in [2.75, 3.05) is 25.6 Å². The van der Waals surface area contributed by atoms with Crippen molar-refractivity contribution in [3.8, 4) is 11.4 Å². The van der Waals surface area contributed by atoms with Gasteiger partial charge in [0, 0.05) is 25.2 Å². The second-order valence-corrected chi connectivity index (χ2v) is 3.90. The van der Waals surface area contributed by atoms with Crippen LogP contribution in [0.2, 0.25) is 0 Å². The summed E-state index contributed by atoms with van der Waals surface area (Å²) >= 11 is 1.60. The second kappa shape index (κ2) is 6.52. The molecule has 6 heteroatoms. The third kappa shape index (κ3) is 3.23. The number of hydrogen-bond acceptors (Lipinski definition) is 4. The Hall–Kier alpha value is -1.04. The van der Waals surface area contributed by atoms with Crippen LogP contribution in [0.4, 0.5) is 5.13 Å². The first kappa shape index (κ1) is 13.0. The van der Waals surface area contributed by atoms with E-state index in [0.29, 0.717) is 6.61 Å². The average Bonchev–Trinajstić information content (AvgIpc) is 2.87. The summed E-state index contributed by atoms with van der Waals surface area (Å²) in [5, 5.41) is 6.15. The summed E-state index contributed by atoms with van der Waals surface area (Å²) in [5.74, 6) is 0. The fraction of sp³-hybridized carbons (Fsp3) is 0.300. The van der Waals surface area contributed by atoms with Gasteiger partial charge in [0.2, 0.25) is 0 Å². The molecule has 2 N–H and O–H groups in total. The number of nitrogens with one attached hydrogen (secondary N) is 2. The highest BCUT2D eigenvalue weighted by molar-refractivity contribution is 7.14. The summed E-state index contributed by atoms with van der Waals surface area (Å²) in [4.78, 5) is 7.57. The van der Waals surface area contributed by atoms with Crippen LogP contribution >= 0.6 is 23.7 Å². The van der Waals surface area contributed by atoms with Gasteiger partial charge in [-0.25, -0.2) is 4.98 Å². The zero-order valence-electron chi connectivity index (χ0n) is 8.90. The van der Waals surface area contributed by atoms with Gasteiger partial charge in [-0.2, -0.15) is 0 Å². The second-order valence-electron chi connectivity index (χ2n) is 3.04. The van der Waals surface area contributed by atoms with E-state index in [0.717, 1.165) is 23.1 Å². The number of rotatable bonds is 5. The maximum Gasteiger partial charge on any atom is 0.183 e. The van der Waals surface area contributed by atoms with Crippen molar-refractivity contribution in [3.05, 3.63) is 23.7 Å². The van der Waals surface area contributed by atoms with E-state index in [1.807, 2.05) is 23.7 Å². The largest absolute Gasteiger partial charge is 0.383 e. The van der Waals surface area contributed by atoms with Crippen LogP contribution in [0.15, 0.2) is 23.7 Å². The smallest absolute Gasteiger partial charge is 0.183 e. The lowest BCUT2D eigenvalue weighted by atomic mass is 10.3. The molecule has 2 aromatic heterocycles. The van der Waals surface area contributed by atoms with Crippen molar-refractivity contribution in [2.45, 2.75) is 0 Å². The molecule has 0 atom stereocenters. The molecule has 2 aromatic rings. The molecule has 0 saturated heterocycles. The molecule has 0 saturated carbocycles. The van der Waals surface area contributed by atoms with Crippen molar-refractivity contribution in [3.63, 3.8) is 0 Å². The highest BCUT2D eigenvalue weighted by atomic mass is 35.5. The fourth-order valence-electron chi connectivity index (χ4n) is 1.23. The molecular formula is C10H14ClN3OS. The molecule has 0 radical (unpaired) electrons. The number of methoxy groups -OCH3 is 1. The maximum absolute atomic E-state index is 4.95. The summed E-state index contributed by atoms with van der Waals surface area (Å²) < 4.78 is 4.95. The lowest BCUT2D eigenvalue weighted by Gasteiger charge is -1.99. The Kier molecular flexibility index (Phi) is 5.31. The van der Waals surface area contributed by atoms with Gasteiger partial charge >= 0.3 is 0 Å². The first-order valence-corrected chi connectivity index (χ1v) is 5.60. The van der Waals surface area contributed by atoms with Crippen molar-refractivity contribution >= 4 is 28.9 Å². The minimum absolute atomic E-state index is 0. The number of aromatic nitrogens is 2. The maximum atomic E-state index is 4.95. The molecule has 0 aromatic carbocycles. The Morgan fingerprint density at radius 1 is 1.56 bits per heavy atom. The van der Waals surface area contributed by atoms with Gasteiger partial charge in [0.05, 0.1) is 18.0 Å². The van der Waals surface area contributed by atoms with E-state index >= 15 is 0 Å². The van der Waals surface area contributed by atoms with Crippen molar-refractivity contribution < 1.29 is 4.74 Å². The monoisotopic (exact) mass is 259 g/mol. The number of H-pyrrole nitrogens is 1. The van der Waals surface area contributed by atoms with E-state index in [9.17, 15) is 0 Å². The standard InChI is InChI=1S/C10H13N3OS.ClH/c1-14-6-5-12-10-13-9(7-15-10)8-3-2-4-11-8;/h2-4,7,11H,5-6H2,1H3,(H,12,13);1H. The van der Waals surface area contributed by atoms with Gasteiger partial charge in [-0.1, -0.05) is 0 Å². The number of nitrogens with zero attached hydrogens (tertiary/aromatic N) is 1. The van der Waals surface area contributed by atoms with Gasteiger partial charge in [-0.3, -0.25) is 0 Å². The number of hydrogen-bond donors (Lipinski definition) is 2. The van der Waals surface area contributed by atoms with Crippen LogP contribution in [0.25, 0.3) is 11.4 Å². The molecule has 0 amide bonds. The third-order valence-corrected chi connectivity index (χ3v) is 2.76. The molecular weight excluding hydrogens is 246 g/mol. The SMILES string of the molecule is COCCNc1nc(-c2ccc[nH]2)cs1.Cl. The van der Waals surface area contributed by atoms with Crippen molar-refractivity contribution in [2.24, 2.45) is 0 Å². The highest BCUT2D eigenvalue weighted by Gasteiger charge is 2.03. The first-order chi connectivity index (χ1) is 7.40. The third-order valence-electron chi connectivity index (χ3n) is 1.96. The Bertz CT molecular complexity index is 402. The quantitative estimate of drug-likeness (QED) is 0.812. The molecule has 88 valence electrons. The van der Waals surface area contributed by atoms with E-state index in [1.54, 1.807) is 18.4 Å². The van der Waals surface area contributed by atoms with Crippen molar-refractivity contribution in [1.29, 1.82) is 0 Å². The molecule has 0 aliphatic rings. The van der Waals surface area contributed by atoms with E-state index in [-0.39, 0.29) is 12.4 Å². The van der Waals surface area contributed by atoms with Gasteiger partial charge in [-0.05, 0) is 12.1 Å². The lowest BCUT2D eigenvalue weighted by Crippen LogP contribution is -2.06. The molecule has 0 bridgehead atoms. The van der Waals surface area contributed by atoms with Crippen LogP contribution in [0.1, 0.15) is 0 Å². The van der Waals surface area contributed by atoms with Crippen LogP contribution in [0.5, 0.6) is 0 Å². The van der Waals surface area contributed by atoms with E-state index in [2.05, 4.69) is 15.3 Å². The topological polar surface area (TPSA) is 49.9 Å². The molecule has 2 heterocycles. The summed E-state index contributed by atoms with van der Waals surface area (Å²) in [7, 11) is 1.69. The van der Waals surface area contributed by atoms with Gasteiger partial charge in [0.25, 0.3) is 0 Å². The van der Waals surface area contributed by atoms with Gasteiger partial charge in [0.1, 0.15) is 0 Å². The molecule has 2 rings (SSSR count). The summed E-state index contributed by atoms with van der Waals surface area (Å²) in [6, 6.07) is 3.97. The molecule has 0 unspecified atom stereocenters. The van der Waals surface area contributed by atoms with Crippen LogP contribution < -0.4 is 5.32 Å². The van der Waals surface area contributed by atoms with Gasteiger partial charge in [-0.15, -0.1) is 23.7 Å². The van der Waals surface area contributed by atoms with E-state index in [4.69, 9.17) is 4.74 Å². The molecule has 4 nitrogen and oxygen atoms in total. The number of anilines is 1. The zero-order valence-corrected chi connectivity index (χ0v) is 10.5. The molecule has 0 aliphatic heterocycles. The van der Waals surface area contributed by atoms with Gasteiger partial charge in [0.15, 0.2) is 5.13 Å². The van der Waals surface area contributed by atoms with Crippen molar-refractivity contribution in [1.82, 2.24) is 9.97 Å². The summed E-state index contributed by atoms with van der Waals surface area (Å²) in [6.07, 6.45) is 1.90. The van der Waals surface area contributed by atoms with E-state index in [1.165, 1.54) is 0 Å². The molecule has 0 aliphatic carbocycles. The average molecular weight is 260 g/mol. The predicted octanol–water partition coefficient (Wildman–Crippen LogP) is 2.62. The summed E-state index contributed by atoms with van der Waals surface area (Å²) in [5.41, 5.74) is 2.02. The minimum Gasteiger partial charge on any atom is -0.383 e. The van der Waals surface area contributed by atoms with Gasteiger partial charge < -0.3 is 15.0 Å². The Morgan fingerprint density at radius 3 is 3.12 bits per heavy atom. The Balaban J connectivity index is 0.00000128. The number of halogens is 1. The fourth-order valence-corrected chi connectivity index (χ4v) is 1.97. The summed E-state index contributed by atoms with van der Waals surface area (Å²) in [6.45, 7) is 1.48. The zero-order chi connectivity index (χ0) is 10.5. The first-order valence-electron chi connectivity index (χ1n) is 4.72. The molecule has 0 fully saturated rings. The normalized spacial score (nSPS) is 9.81. The highest BCUT2D eigenvalue weighted by Crippen LogP contribution is 2.22. The van der Waals surface area contributed by atoms with Crippen LogP contribution in [-0.4, -0.2) is 30.2 Å². The lowest BCUT2D eigenvalue weighted by molar-refractivity contribution is 0.211. The van der Waals surface area contributed by atoms with Crippen LogP contribution in [-0.2, 0) is 4.74 Å². The Morgan fingerprint density at radius 2 is 2.44 bits per heavy atom. The number of aromatic amines is 1. The van der Waals surface area contributed by atoms with Crippen LogP contribution in [0.3, 0.4) is 0 Å².